The molecule has 1 amide bonds. The Morgan fingerprint density at radius 2 is 1.95 bits per heavy atom. The molecule has 0 N–H and O–H groups in total. The maximum atomic E-state index is 12.5. The summed E-state index contributed by atoms with van der Waals surface area (Å²) in [4.78, 5) is 13.9. The number of halogens is 3. The molecule has 1 unspecified atom stereocenters. The molecule has 21 heavy (non-hydrogen) atoms. The average molecular weight is 303 g/mol. The second-order valence-corrected chi connectivity index (χ2v) is 5.69. The number of rotatable bonds is 2. The van der Waals surface area contributed by atoms with E-state index < -0.39 is 12.1 Å². The Morgan fingerprint density at radius 1 is 1.19 bits per heavy atom. The van der Waals surface area contributed by atoms with Gasteiger partial charge in [-0.25, -0.2) is 0 Å². The smallest absolute Gasteiger partial charge is 0.417 e. The van der Waals surface area contributed by atoms with Crippen molar-refractivity contribution in [3.8, 4) is 0 Å². The van der Waals surface area contributed by atoms with Crippen molar-refractivity contribution in [2.45, 2.75) is 44.2 Å². The van der Waals surface area contributed by atoms with Crippen molar-refractivity contribution in [1.82, 2.24) is 15.1 Å². The largest absolute Gasteiger partial charge is 0.470 e. The Labute approximate surface area is 119 Å². The van der Waals surface area contributed by atoms with Gasteiger partial charge < -0.3 is 9.32 Å². The number of likely N-dealkylation sites (tertiary alicyclic amines) is 1. The maximum Gasteiger partial charge on any atom is 0.470 e. The van der Waals surface area contributed by atoms with Crippen molar-refractivity contribution < 1.29 is 22.4 Å². The number of hydrogen-bond acceptors (Lipinski definition) is 4. The molecule has 5 nitrogen and oxygen atoms in total. The Bertz CT molecular complexity index is 525. The van der Waals surface area contributed by atoms with Crippen LogP contribution < -0.4 is 0 Å². The number of aromatic nitrogens is 2. The summed E-state index contributed by atoms with van der Waals surface area (Å²) in [6, 6.07) is 0. The fraction of sp³-hybridized carbons (Fsp3) is 0.769. The summed E-state index contributed by atoms with van der Waals surface area (Å²) in [5.41, 5.74) is 0. The minimum atomic E-state index is -4.62. The number of hydrogen-bond donors (Lipinski definition) is 0. The van der Waals surface area contributed by atoms with Gasteiger partial charge in [0.1, 0.15) is 0 Å². The van der Waals surface area contributed by atoms with E-state index in [9.17, 15) is 18.0 Å². The fourth-order valence-electron chi connectivity index (χ4n) is 2.81. The van der Waals surface area contributed by atoms with Crippen LogP contribution in [-0.2, 0) is 11.0 Å². The molecule has 0 radical (unpaired) electrons. The number of carbonyl (C=O) groups excluding carboxylic acids is 1. The highest BCUT2D eigenvalue weighted by atomic mass is 19.4. The van der Waals surface area contributed by atoms with Gasteiger partial charge in [0, 0.05) is 19.0 Å². The molecule has 1 aliphatic carbocycles. The minimum Gasteiger partial charge on any atom is -0.417 e. The third-order valence-corrected chi connectivity index (χ3v) is 4.22. The number of amides is 1. The van der Waals surface area contributed by atoms with E-state index in [2.05, 4.69) is 10.2 Å². The van der Waals surface area contributed by atoms with Crippen molar-refractivity contribution in [3.63, 3.8) is 0 Å². The van der Waals surface area contributed by atoms with Gasteiger partial charge in [0.25, 0.3) is 0 Å². The Morgan fingerprint density at radius 3 is 2.52 bits per heavy atom. The average Bonchev–Trinajstić information content (AvgIpc) is 2.86. The van der Waals surface area contributed by atoms with Crippen LogP contribution in [0, 0.1) is 5.92 Å². The molecule has 2 heterocycles. The van der Waals surface area contributed by atoms with E-state index in [-0.39, 0.29) is 23.6 Å². The van der Waals surface area contributed by atoms with E-state index in [1.807, 2.05) is 0 Å². The van der Waals surface area contributed by atoms with Gasteiger partial charge >= 0.3 is 12.1 Å². The summed E-state index contributed by atoms with van der Waals surface area (Å²) in [5, 5.41) is 6.55. The molecule has 1 aromatic heterocycles. The lowest BCUT2D eigenvalue weighted by molar-refractivity contribution is -0.158. The number of carbonyl (C=O) groups is 1. The molecule has 0 spiro atoms. The van der Waals surface area contributed by atoms with E-state index in [1.165, 1.54) is 0 Å². The van der Waals surface area contributed by atoms with Crippen molar-refractivity contribution in [3.05, 3.63) is 11.8 Å². The van der Waals surface area contributed by atoms with Gasteiger partial charge in [-0.1, -0.05) is 6.42 Å². The van der Waals surface area contributed by atoms with Gasteiger partial charge in [0.15, 0.2) is 0 Å². The molecule has 1 saturated carbocycles. The van der Waals surface area contributed by atoms with Crippen molar-refractivity contribution in [1.29, 1.82) is 0 Å². The molecular formula is C13H16F3N3O2. The molecule has 3 rings (SSSR count). The zero-order valence-corrected chi connectivity index (χ0v) is 11.4. The molecule has 8 heteroatoms. The minimum absolute atomic E-state index is 0.0200. The first-order chi connectivity index (χ1) is 9.95. The number of piperidine rings is 1. The number of alkyl halides is 3. The lowest BCUT2D eigenvalue weighted by atomic mass is 9.83. The van der Waals surface area contributed by atoms with Crippen molar-refractivity contribution >= 4 is 5.91 Å². The number of nitrogens with zero attached hydrogens (tertiary/aromatic N) is 3. The summed E-state index contributed by atoms with van der Waals surface area (Å²) >= 11 is 0. The Kier molecular flexibility index (Phi) is 3.62. The van der Waals surface area contributed by atoms with Gasteiger partial charge in [-0.2, -0.15) is 13.2 Å². The first-order valence-corrected chi connectivity index (χ1v) is 7.14. The zero-order chi connectivity index (χ0) is 15.0. The van der Waals surface area contributed by atoms with Crippen LogP contribution in [0.2, 0.25) is 0 Å². The van der Waals surface area contributed by atoms with E-state index in [0.29, 0.717) is 19.5 Å². The molecule has 0 aromatic carbocycles. The quantitative estimate of drug-likeness (QED) is 0.842. The maximum absolute atomic E-state index is 12.5. The van der Waals surface area contributed by atoms with E-state index in [0.717, 1.165) is 25.7 Å². The summed E-state index contributed by atoms with van der Waals surface area (Å²) in [6.45, 7) is 1.03. The third kappa shape index (κ3) is 2.89. The van der Waals surface area contributed by atoms with Crippen LogP contribution in [0.4, 0.5) is 13.2 Å². The summed E-state index contributed by atoms with van der Waals surface area (Å²) in [6.07, 6.45) is -0.314. The van der Waals surface area contributed by atoms with Crippen LogP contribution in [0.1, 0.15) is 49.8 Å². The molecule has 116 valence electrons. The van der Waals surface area contributed by atoms with Crippen molar-refractivity contribution in [2.24, 2.45) is 5.92 Å². The van der Waals surface area contributed by atoms with Crippen LogP contribution in [0.25, 0.3) is 0 Å². The summed E-state index contributed by atoms with van der Waals surface area (Å²) < 4.78 is 42.1. The lowest BCUT2D eigenvalue weighted by Crippen LogP contribution is -2.44. The van der Waals surface area contributed by atoms with Crippen LogP contribution >= 0.6 is 0 Å². The third-order valence-electron chi connectivity index (χ3n) is 4.22. The van der Waals surface area contributed by atoms with Crippen LogP contribution in [-0.4, -0.2) is 34.1 Å². The zero-order valence-electron chi connectivity index (χ0n) is 11.4. The van der Waals surface area contributed by atoms with E-state index in [4.69, 9.17) is 4.42 Å². The van der Waals surface area contributed by atoms with Crippen LogP contribution in [0.15, 0.2) is 4.42 Å². The summed E-state index contributed by atoms with van der Waals surface area (Å²) in [7, 11) is 0. The van der Waals surface area contributed by atoms with E-state index in [1.54, 1.807) is 4.90 Å². The molecule has 1 aromatic rings. The fourth-order valence-corrected chi connectivity index (χ4v) is 2.81. The Hall–Kier alpha value is -1.60. The molecule has 0 bridgehead atoms. The van der Waals surface area contributed by atoms with Gasteiger partial charge in [-0.3, -0.25) is 4.79 Å². The van der Waals surface area contributed by atoms with E-state index >= 15 is 0 Å². The second kappa shape index (κ2) is 5.31. The molecule has 2 fully saturated rings. The SMILES string of the molecule is O=C(C1CCC1)N1CCCC(c2nnc(C(F)(F)F)o2)C1. The molecule has 2 aliphatic rings. The van der Waals surface area contributed by atoms with Gasteiger partial charge in [-0.05, 0) is 25.7 Å². The second-order valence-electron chi connectivity index (χ2n) is 5.69. The highest BCUT2D eigenvalue weighted by Gasteiger charge is 2.40. The van der Waals surface area contributed by atoms with Crippen LogP contribution in [0.3, 0.4) is 0 Å². The molecule has 1 aliphatic heterocycles. The molecule has 1 saturated heterocycles. The first-order valence-electron chi connectivity index (χ1n) is 7.14. The lowest BCUT2D eigenvalue weighted by Gasteiger charge is -2.36. The highest BCUT2D eigenvalue weighted by molar-refractivity contribution is 5.79. The normalized spacial score (nSPS) is 24.0. The van der Waals surface area contributed by atoms with Gasteiger partial charge in [0.2, 0.25) is 11.8 Å². The summed E-state index contributed by atoms with van der Waals surface area (Å²) in [5.74, 6) is -1.43. The molecule has 1 atom stereocenters. The highest BCUT2D eigenvalue weighted by Crippen LogP contribution is 2.34. The van der Waals surface area contributed by atoms with Crippen LogP contribution in [0.5, 0.6) is 0 Å². The predicted octanol–water partition coefficient (Wildman–Crippen LogP) is 2.59. The first kappa shape index (κ1) is 14.3. The van der Waals surface area contributed by atoms with Crippen molar-refractivity contribution in [2.75, 3.05) is 13.1 Å². The topological polar surface area (TPSA) is 59.2 Å². The molecular weight excluding hydrogens is 287 g/mol. The Balaban J connectivity index is 1.68. The standard InChI is InChI=1S/C13H16F3N3O2/c14-13(15,16)12-18-17-10(21-12)9-5-2-6-19(7-9)11(20)8-3-1-4-8/h8-9H,1-7H2. The van der Waals surface area contributed by atoms with Gasteiger partial charge in [0.05, 0.1) is 5.92 Å². The predicted molar refractivity (Wildman–Crippen MR) is 65.2 cm³/mol. The monoisotopic (exact) mass is 303 g/mol. The van der Waals surface area contributed by atoms with Gasteiger partial charge in [-0.15, -0.1) is 10.2 Å².